The van der Waals surface area contributed by atoms with Crippen molar-refractivity contribution in [1.82, 2.24) is 9.55 Å². The molecule has 0 N–H and O–H groups in total. The zero-order valence-corrected chi connectivity index (χ0v) is 19.7. The summed E-state index contributed by atoms with van der Waals surface area (Å²) >= 11 is 6.61. The van der Waals surface area contributed by atoms with Gasteiger partial charge in [0, 0.05) is 24.8 Å². The number of aryl methyl sites for hydroxylation is 2. The van der Waals surface area contributed by atoms with Gasteiger partial charge in [-0.1, -0.05) is 23.7 Å². The standard InChI is InChI=1S/C25H25ClF3N3O2/c1-16-13-24(33)32(17(2)30-16)20-5-8-23(22(26)15-20)31-11-9-19(10-12-31)14-18-3-6-21(7-4-18)34-25(27,28)29/h3-8,13,15,19H,9-12,14H2,1-2H3. The normalized spacial score (nSPS) is 14.9. The summed E-state index contributed by atoms with van der Waals surface area (Å²) < 4.78 is 42.4. The van der Waals surface area contributed by atoms with Crippen LogP contribution in [-0.4, -0.2) is 29.0 Å². The molecule has 4 rings (SSSR count). The van der Waals surface area contributed by atoms with Crippen molar-refractivity contribution in [1.29, 1.82) is 0 Å². The minimum atomic E-state index is -4.68. The van der Waals surface area contributed by atoms with Gasteiger partial charge in [-0.2, -0.15) is 0 Å². The third kappa shape index (κ3) is 5.73. The quantitative estimate of drug-likeness (QED) is 0.448. The number of piperidine rings is 1. The zero-order chi connectivity index (χ0) is 24.5. The third-order valence-electron chi connectivity index (χ3n) is 6.04. The maximum Gasteiger partial charge on any atom is 0.573 e. The number of rotatable bonds is 5. The molecule has 34 heavy (non-hydrogen) atoms. The molecule has 0 amide bonds. The Kier molecular flexibility index (Phi) is 6.89. The maximum atomic E-state index is 12.4. The van der Waals surface area contributed by atoms with E-state index in [0.29, 0.717) is 28.1 Å². The van der Waals surface area contributed by atoms with Crippen molar-refractivity contribution >= 4 is 17.3 Å². The molecule has 0 saturated carbocycles. The van der Waals surface area contributed by atoms with E-state index in [1.54, 1.807) is 36.6 Å². The van der Waals surface area contributed by atoms with Crippen LogP contribution in [0.25, 0.3) is 5.69 Å². The number of anilines is 1. The van der Waals surface area contributed by atoms with E-state index < -0.39 is 6.36 Å². The smallest absolute Gasteiger partial charge is 0.406 e. The first kappa shape index (κ1) is 24.1. The van der Waals surface area contributed by atoms with Crippen LogP contribution in [0.4, 0.5) is 18.9 Å². The molecule has 1 fully saturated rings. The molecule has 0 radical (unpaired) electrons. The van der Waals surface area contributed by atoms with Gasteiger partial charge in [-0.3, -0.25) is 9.36 Å². The lowest BCUT2D eigenvalue weighted by molar-refractivity contribution is -0.274. The first-order chi connectivity index (χ1) is 16.1. The number of aromatic nitrogens is 2. The molecule has 0 atom stereocenters. The second kappa shape index (κ2) is 9.70. The zero-order valence-electron chi connectivity index (χ0n) is 18.9. The monoisotopic (exact) mass is 491 g/mol. The van der Waals surface area contributed by atoms with E-state index in [2.05, 4.69) is 14.6 Å². The van der Waals surface area contributed by atoms with Gasteiger partial charge in [0.05, 0.1) is 16.4 Å². The largest absolute Gasteiger partial charge is 0.573 e. The van der Waals surface area contributed by atoms with Gasteiger partial charge in [-0.15, -0.1) is 13.2 Å². The number of halogens is 4. The molecular weight excluding hydrogens is 467 g/mol. The molecule has 0 unspecified atom stereocenters. The van der Waals surface area contributed by atoms with Crippen LogP contribution < -0.4 is 15.2 Å². The van der Waals surface area contributed by atoms with Crippen LogP contribution in [0.2, 0.25) is 5.02 Å². The van der Waals surface area contributed by atoms with Crippen LogP contribution >= 0.6 is 11.6 Å². The predicted octanol–water partition coefficient (Wildman–Crippen LogP) is 5.86. The molecule has 3 aromatic rings. The Morgan fingerprint density at radius 1 is 1.06 bits per heavy atom. The Morgan fingerprint density at radius 3 is 2.32 bits per heavy atom. The van der Waals surface area contributed by atoms with Crippen LogP contribution in [-0.2, 0) is 6.42 Å². The maximum absolute atomic E-state index is 12.4. The Labute approximate surface area is 200 Å². The molecule has 1 aromatic heterocycles. The van der Waals surface area contributed by atoms with E-state index in [0.717, 1.165) is 43.6 Å². The van der Waals surface area contributed by atoms with Crippen LogP contribution in [0.3, 0.4) is 0 Å². The highest BCUT2D eigenvalue weighted by Crippen LogP contribution is 2.32. The van der Waals surface area contributed by atoms with Gasteiger partial charge < -0.3 is 9.64 Å². The van der Waals surface area contributed by atoms with Gasteiger partial charge in [0.1, 0.15) is 11.6 Å². The molecule has 9 heteroatoms. The van der Waals surface area contributed by atoms with Crippen molar-refractivity contribution in [2.75, 3.05) is 18.0 Å². The van der Waals surface area contributed by atoms with Gasteiger partial charge in [0.25, 0.3) is 5.56 Å². The summed E-state index contributed by atoms with van der Waals surface area (Å²) in [4.78, 5) is 19.0. The minimum Gasteiger partial charge on any atom is -0.406 e. The summed E-state index contributed by atoms with van der Waals surface area (Å²) in [7, 11) is 0. The number of ether oxygens (including phenoxy) is 1. The molecule has 1 aliphatic rings. The Hall–Kier alpha value is -3.00. The van der Waals surface area contributed by atoms with Crippen molar-refractivity contribution in [2.45, 2.75) is 39.5 Å². The first-order valence-corrected chi connectivity index (χ1v) is 11.4. The average Bonchev–Trinajstić information content (AvgIpc) is 2.74. The highest BCUT2D eigenvalue weighted by atomic mass is 35.5. The summed E-state index contributed by atoms with van der Waals surface area (Å²) in [6.07, 6.45) is -1.99. The summed E-state index contributed by atoms with van der Waals surface area (Å²) in [5, 5.41) is 0.572. The molecule has 180 valence electrons. The van der Waals surface area contributed by atoms with Crippen LogP contribution in [0.1, 0.15) is 29.9 Å². The lowest BCUT2D eigenvalue weighted by Crippen LogP contribution is -2.34. The second-order valence-corrected chi connectivity index (χ2v) is 8.99. The van der Waals surface area contributed by atoms with Crippen molar-refractivity contribution in [2.24, 2.45) is 5.92 Å². The lowest BCUT2D eigenvalue weighted by Gasteiger charge is -2.34. The summed E-state index contributed by atoms with van der Waals surface area (Å²) in [6, 6.07) is 13.2. The fourth-order valence-electron chi connectivity index (χ4n) is 4.48. The molecular formula is C25H25ClF3N3O2. The topological polar surface area (TPSA) is 47.4 Å². The van der Waals surface area contributed by atoms with Crippen molar-refractivity contribution in [3.8, 4) is 11.4 Å². The number of benzene rings is 2. The Balaban J connectivity index is 1.38. The second-order valence-electron chi connectivity index (χ2n) is 8.58. The van der Waals surface area contributed by atoms with Gasteiger partial charge in [-0.05, 0) is 74.9 Å². The highest BCUT2D eigenvalue weighted by Gasteiger charge is 2.31. The Bertz CT molecular complexity index is 1220. The van der Waals surface area contributed by atoms with E-state index in [1.807, 2.05) is 12.1 Å². The van der Waals surface area contributed by atoms with Crippen LogP contribution in [0.5, 0.6) is 5.75 Å². The molecule has 0 spiro atoms. The van der Waals surface area contributed by atoms with Gasteiger partial charge in [0.15, 0.2) is 0 Å². The van der Waals surface area contributed by atoms with Crippen molar-refractivity contribution < 1.29 is 17.9 Å². The number of hydrogen-bond donors (Lipinski definition) is 0. The molecule has 1 aliphatic heterocycles. The number of hydrogen-bond acceptors (Lipinski definition) is 4. The lowest BCUT2D eigenvalue weighted by atomic mass is 9.90. The number of alkyl halides is 3. The molecule has 5 nitrogen and oxygen atoms in total. The van der Waals surface area contributed by atoms with Crippen molar-refractivity contribution in [3.63, 3.8) is 0 Å². The minimum absolute atomic E-state index is 0.146. The summed E-state index contributed by atoms with van der Waals surface area (Å²) in [6.45, 7) is 5.22. The predicted molar refractivity (Wildman–Crippen MR) is 126 cm³/mol. The molecule has 2 aromatic carbocycles. The molecule has 0 aliphatic carbocycles. The fraction of sp³-hybridized carbons (Fsp3) is 0.360. The van der Waals surface area contributed by atoms with Gasteiger partial charge >= 0.3 is 6.36 Å². The molecule has 1 saturated heterocycles. The van der Waals surface area contributed by atoms with E-state index >= 15 is 0 Å². The van der Waals surface area contributed by atoms with Crippen LogP contribution in [0.15, 0.2) is 53.3 Å². The van der Waals surface area contributed by atoms with E-state index in [4.69, 9.17) is 11.6 Å². The summed E-state index contributed by atoms with van der Waals surface area (Å²) in [5.41, 5.74) is 3.12. The van der Waals surface area contributed by atoms with Crippen LogP contribution in [0, 0.1) is 19.8 Å². The SMILES string of the molecule is Cc1cc(=O)n(-c2ccc(N3CCC(Cc4ccc(OC(F)(F)F)cc4)CC3)c(Cl)c2)c(C)n1. The Morgan fingerprint density at radius 2 is 1.74 bits per heavy atom. The fourth-order valence-corrected chi connectivity index (χ4v) is 4.78. The van der Waals surface area contributed by atoms with Gasteiger partial charge in [0.2, 0.25) is 0 Å². The van der Waals surface area contributed by atoms with E-state index in [-0.39, 0.29) is 11.3 Å². The van der Waals surface area contributed by atoms with Gasteiger partial charge in [-0.25, -0.2) is 4.98 Å². The van der Waals surface area contributed by atoms with Crippen molar-refractivity contribution in [3.05, 3.63) is 81.0 Å². The highest BCUT2D eigenvalue weighted by molar-refractivity contribution is 6.33. The molecule has 0 bridgehead atoms. The number of nitrogens with zero attached hydrogens (tertiary/aromatic N) is 3. The van der Waals surface area contributed by atoms with E-state index in [1.165, 1.54) is 18.2 Å². The summed E-state index contributed by atoms with van der Waals surface area (Å²) in [5.74, 6) is 0.833. The average molecular weight is 492 g/mol. The molecule has 2 heterocycles. The third-order valence-corrected chi connectivity index (χ3v) is 6.34. The van der Waals surface area contributed by atoms with E-state index in [9.17, 15) is 18.0 Å². The first-order valence-electron chi connectivity index (χ1n) is 11.1.